The van der Waals surface area contributed by atoms with Gasteiger partial charge in [0.15, 0.2) is 0 Å². The monoisotopic (exact) mass is 199 g/mol. The molecule has 82 valence electrons. The maximum Gasteiger partial charge on any atom is 0.323 e. The molecule has 3 nitrogen and oxygen atoms in total. The van der Waals surface area contributed by atoms with E-state index < -0.39 is 11.5 Å². The molecule has 0 aromatic carbocycles. The summed E-state index contributed by atoms with van der Waals surface area (Å²) in [5.41, 5.74) is 4.43. The minimum Gasteiger partial charge on any atom is -0.480 e. The summed E-state index contributed by atoms with van der Waals surface area (Å²) in [4.78, 5) is 10.6. The van der Waals surface area contributed by atoms with Crippen molar-refractivity contribution in [2.24, 2.45) is 5.73 Å². The predicted molar refractivity (Wildman–Crippen MR) is 58.1 cm³/mol. The molecule has 0 unspecified atom stereocenters. The van der Waals surface area contributed by atoms with Crippen molar-refractivity contribution < 1.29 is 9.90 Å². The third kappa shape index (κ3) is 5.75. The number of carboxylic acid groups (broad SMARTS) is 1. The summed E-state index contributed by atoms with van der Waals surface area (Å²) in [7, 11) is 0. The normalized spacial score (nSPS) is 15.6. The molecule has 0 heterocycles. The number of allylic oxidation sites excluding steroid dienone is 1. The molecule has 0 radical (unpaired) electrons. The minimum atomic E-state index is -1.12. The summed E-state index contributed by atoms with van der Waals surface area (Å²) < 4.78 is 0. The van der Waals surface area contributed by atoms with Crippen molar-refractivity contribution in [1.82, 2.24) is 0 Å². The lowest BCUT2D eigenvalue weighted by Gasteiger charge is -2.16. The van der Waals surface area contributed by atoms with Crippen molar-refractivity contribution in [3.05, 3.63) is 12.2 Å². The number of carbonyl (C=O) groups is 1. The molecule has 0 aromatic heterocycles. The van der Waals surface area contributed by atoms with E-state index in [1.165, 1.54) is 26.2 Å². The van der Waals surface area contributed by atoms with Crippen LogP contribution in [-0.4, -0.2) is 16.6 Å². The van der Waals surface area contributed by atoms with Gasteiger partial charge in [0.1, 0.15) is 5.54 Å². The van der Waals surface area contributed by atoms with E-state index in [-0.39, 0.29) is 0 Å². The Kier molecular flexibility index (Phi) is 6.21. The highest BCUT2D eigenvalue weighted by molar-refractivity contribution is 5.78. The Labute approximate surface area is 86.0 Å². The summed E-state index contributed by atoms with van der Waals surface area (Å²) in [6, 6.07) is 0. The average molecular weight is 199 g/mol. The van der Waals surface area contributed by atoms with Gasteiger partial charge in [0, 0.05) is 0 Å². The zero-order valence-corrected chi connectivity index (χ0v) is 9.12. The van der Waals surface area contributed by atoms with E-state index >= 15 is 0 Å². The summed E-state index contributed by atoms with van der Waals surface area (Å²) in [5, 5.41) is 8.72. The third-order valence-corrected chi connectivity index (χ3v) is 2.17. The molecule has 1 atom stereocenters. The standard InChI is InChI=1S/C11H21NO2/c1-3-4-5-6-7-8-9-11(2,12)10(13)14/h7-8H,3-6,9,12H2,1-2H3,(H,13,14)/t11-/m0/s1. The Morgan fingerprint density at radius 2 is 2.07 bits per heavy atom. The lowest BCUT2D eigenvalue weighted by Crippen LogP contribution is -2.44. The summed E-state index contributed by atoms with van der Waals surface area (Å²) in [5.74, 6) is -0.948. The van der Waals surface area contributed by atoms with E-state index in [0.717, 1.165) is 6.42 Å². The van der Waals surface area contributed by atoms with E-state index in [1.807, 2.05) is 12.2 Å². The highest BCUT2D eigenvalue weighted by atomic mass is 16.4. The maximum atomic E-state index is 10.6. The maximum absolute atomic E-state index is 10.6. The van der Waals surface area contributed by atoms with Crippen LogP contribution in [0.3, 0.4) is 0 Å². The fourth-order valence-corrected chi connectivity index (χ4v) is 1.05. The summed E-state index contributed by atoms with van der Waals surface area (Å²) in [6.45, 7) is 3.69. The largest absolute Gasteiger partial charge is 0.480 e. The highest BCUT2D eigenvalue weighted by Crippen LogP contribution is 2.07. The molecule has 0 spiro atoms. The van der Waals surface area contributed by atoms with E-state index in [1.54, 1.807) is 0 Å². The van der Waals surface area contributed by atoms with Gasteiger partial charge in [0.2, 0.25) is 0 Å². The zero-order chi connectivity index (χ0) is 11.0. The lowest BCUT2D eigenvalue weighted by molar-refractivity contribution is -0.142. The van der Waals surface area contributed by atoms with E-state index in [2.05, 4.69) is 6.92 Å². The van der Waals surface area contributed by atoms with Crippen LogP contribution in [0.25, 0.3) is 0 Å². The van der Waals surface area contributed by atoms with Crippen LogP contribution in [0.15, 0.2) is 12.2 Å². The number of hydrogen-bond donors (Lipinski definition) is 2. The molecule has 0 rings (SSSR count). The van der Waals surface area contributed by atoms with Crippen LogP contribution in [0.5, 0.6) is 0 Å². The molecule has 0 aliphatic carbocycles. The highest BCUT2D eigenvalue weighted by Gasteiger charge is 2.25. The van der Waals surface area contributed by atoms with Gasteiger partial charge >= 0.3 is 5.97 Å². The second-order valence-corrected chi connectivity index (χ2v) is 3.89. The van der Waals surface area contributed by atoms with E-state index in [9.17, 15) is 4.79 Å². The molecule has 14 heavy (non-hydrogen) atoms. The van der Waals surface area contributed by atoms with Crippen molar-refractivity contribution in [3.8, 4) is 0 Å². The second-order valence-electron chi connectivity index (χ2n) is 3.89. The molecule has 0 saturated carbocycles. The van der Waals surface area contributed by atoms with Gasteiger partial charge in [-0.3, -0.25) is 4.79 Å². The van der Waals surface area contributed by atoms with Crippen LogP contribution < -0.4 is 5.73 Å². The first kappa shape index (κ1) is 13.2. The van der Waals surface area contributed by atoms with Gasteiger partial charge in [-0.05, 0) is 26.2 Å². The van der Waals surface area contributed by atoms with Crippen molar-refractivity contribution in [1.29, 1.82) is 0 Å². The van der Waals surface area contributed by atoms with Gasteiger partial charge in [-0.2, -0.15) is 0 Å². The Morgan fingerprint density at radius 1 is 1.43 bits per heavy atom. The van der Waals surface area contributed by atoms with Gasteiger partial charge in [0.05, 0.1) is 0 Å². The zero-order valence-electron chi connectivity index (χ0n) is 9.12. The number of nitrogens with two attached hydrogens (primary N) is 1. The predicted octanol–water partition coefficient (Wildman–Crippen LogP) is 2.31. The molecule has 0 aromatic rings. The Balaban J connectivity index is 3.65. The number of aliphatic carboxylic acids is 1. The summed E-state index contributed by atoms with van der Waals surface area (Å²) in [6.07, 6.45) is 8.90. The van der Waals surface area contributed by atoms with Crippen LogP contribution in [-0.2, 0) is 4.79 Å². The third-order valence-electron chi connectivity index (χ3n) is 2.17. The minimum absolute atomic E-state index is 0.397. The van der Waals surface area contributed by atoms with Crippen molar-refractivity contribution in [2.75, 3.05) is 0 Å². The first-order valence-corrected chi connectivity index (χ1v) is 5.18. The quantitative estimate of drug-likeness (QED) is 0.488. The smallest absolute Gasteiger partial charge is 0.323 e. The SMILES string of the molecule is CCCCCC=CC[C@](C)(N)C(=O)O. The van der Waals surface area contributed by atoms with Gasteiger partial charge < -0.3 is 10.8 Å². The van der Waals surface area contributed by atoms with Crippen LogP contribution in [0, 0.1) is 0 Å². The molecule has 0 saturated heterocycles. The number of carboxylic acids is 1. The molecule has 0 amide bonds. The van der Waals surface area contributed by atoms with E-state index in [0.29, 0.717) is 6.42 Å². The fraction of sp³-hybridized carbons (Fsp3) is 0.727. The topological polar surface area (TPSA) is 63.3 Å². The fourth-order valence-electron chi connectivity index (χ4n) is 1.05. The molecule has 0 aliphatic heterocycles. The molecule has 0 fully saturated rings. The second kappa shape index (κ2) is 6.60. The van der Waals surface area contributed by atoms with Crippen molar-refractivity contribution in [3.63, 3.8) is 0 Å². The summed E-state index contributed by atoms with van der Waals surface area (Å²) >= 11 is 0. The number of unbranched alkanes of at least 4 members (excludes halogenated alkanes) is 3. The van der Waals surface area contributed by atoms with Crippen LogP contribution in [0.4, 0.5) is 0 Å². The van der Waals surface area contributed by atoms with E-state index in [4.69, 9.17) is 10.8 Å². The lowest BCUT2D eigenvalue weighted by atomic mass is 9.99. The van der Waals surface area contributed by atoms with Crippen LogP contribution >= 0.6 is 0 Å². The van der Waals surface area contributed by atoms with Gasteiger partial charge in [-0.1, -0.05) is 31.9 Å². The molecule has 0 bridgehead atoms. The molecular weight excluding hydrogens is 178 g/mol. The first-order valence-electron chi connectivity index (χ1n) is 5.18. The van der Waals surface area contributed by atoms with Gasteiger partial charge in [-0.15, -0.1) is 0 Å². The average Bonchev–Trinajstić information content (AvgIpc) is 2.10. The Hall–Kier alpha value is -0.830. The van der Waals surface area contributed by atoms with Crippen LogP contribution in [0.1, 0.15) is 46.0 Å². The van der Waals surface area contributed by atoms with Gasteiger partial charge in [0.25, 0.3) is 0 Å². The molecule has 3 heteroatoms. The van der Waals surface area contributed by atoms with Crippen molar-refractivity contribution in [2.45, 2.75) is 51.5 Å². The number of rotatable bonds is 7. The molecule has 3 N–H and O–H groups in total. The first-order chi connectivity index (χ1) is 6.50. The van der Waals surface area contributed by atoms with Crippen LogP contribution in [0.2, 0.25) is 0 Å². The molecular formula is C11H21NO2. The Bertz CT molecular complexity index is 197. The number of hydrogen-bond acceptors (Lipinski definition) is 2. The van der Waals surface area contributed by atoms with Crippen molar-refractivity contribution >= 4 is 5.97 Å². The Morgan fingerprint density at radius 3 is 2.57 bits per heavy atom. The molecule has 0 aliphatic rings. The van der Waals surface area contributed by atoms with Gasteiger partial charge in [-0.25, -0.2) is 0 Å².